The molecule has 1 fully saturated rings. The van der Waals surface area contributed by atoms with Gasteiger partial charge in [-0.15, -0.1) is 0 Å². The van der Waals surface area contributed by atoms with Crippen molar-refractivity contribution >= 4 is 11.6 Å². The van der Waals surface area contributed by atoms with E-state index >= 15 is 0 Å². The number of carbonyl (C=O) groups excluding carboxylic acids is 1. The van der Waals surface area contributed by atoms with Gasteiger partial charge in [0, 0.05) is 29.7 Å². The number of alkyl halides is 2. The number of likely N-dealkylation sites (tertiary alicyclic amines) is 1. The molecule has 3 N–H and O–H groups in total. The summed E-state index contributed by atoms with van der Waals surface area (Å²) >= 11 is 0. The van der Waals surface area contributed by atoms with Crippen molar-refractivity contribution in [2.45, 2.75) is 32.5 Å². The van der Waals surface area contributed by atoms with Gasteiger partial charge in [-0.1, -0.05) is 12.1 Å². The Balaban J connectivity index is 1.43. The smallest absolute Gasteiger partial charge is 0.387 e. The Kier molecular flexibility index (Phi) is 7.55. The second-order valence-electron chi connectivity index (χ2n) is 7.71. The minimum atomic E-state index is -2.83. The lowest BCUT2D eigenvalue weighted by Gasteiger charge is -2.15. The van der Waals surface area contributed by atoms with E-state index in [9.17, 15) is 13.6 Å². The fourth-order valence-electron chi connectivity index (χ4n) is 3.73. The lowest BCUT2D eigenvalue weighted by Crippen LogP contribution is -3.08. The summed E-state index contributed by atoms with van der Waals surface area (Å²) in [4.78, 5) is 14.9. The molecule has 29 heavy (non-hydrogen) atoms. The van der Waals surface area contributed by atoms with Crippen molar-refractivity contribution in [2.75, 3.05) is 32.0 Å². The number of hydrogen-bond acceptors (Lipinski definition) is 2. The summed E-state index contributed by atoms with van der Waals surface area (Å²) in [6.45, 7) is 1.64. The number of anilines is 1. The maximum Gasteiger partial charge on any atom is 0.387 e. The predicted molar refractivity (Wildman–Crippen MR) is 107 cm³/mol. The first kappa shape index (κ1) is 21.2. The number of quaternary nitrogens is 2. The lowest BCUT2D eigenvalue weighted by atomic mass is 10.2. The summed E-state index contributed by atoms with van der Waals surface area (Å²) in [5.74, 6) is 0.0759. The number of carbonyl (C=O) groups is 1. The van der Waals surface area contributed by atoms with E-state index < -0.39 is 6.61 Å². The molecule has 1 aliphatic rings. The van der Waals surface area contributed by atoms with Gasteiger partial charge in [0.15, 0.2) is 6.54 Å². The predicted octanol–water partition coefficient (Wildman–Crippen LogP) is 1.12. The highest BCUT2D eigenvalue weighted by Crippen LogP contribution is 2.14. The molecule has 5 nitrogen and oxygen atoms in total. The van der Waals surface area contributed by atoms with Crippen molar-refractivity contribution in [3.05, 3.63) is 59.7 Å². The van der Waals surface area contributed by atoms with Gasteiger partial charge in [-0.2, -0.15) is 8.78 Å². The van der Waals surface area contributed by atoms with E-state index in [0.29, 0.717) is 13.1 Å². The first-order valence-electron chi connectivity index (χ1n) is 10.1. The fourth-order valence-corrected chi connectivity index (χ4v) is 3.73. The van der Waals surface area contributed by atoms with Crippen LogP contribution in [0, 0.1) is 0 Å². The quantitative estimate of drug-likeness (QED) is 0.586. The molecule has 2 aromatic carbocycles. The Morgan fingerprint density at radius 3 is 2.31 bits per heavy atom. The average Bonchev–Trinajstić information content (AvgIpc) is 3.17. The molecule has 0 aliphatic carbocycles. The molecule has 0 bridgehead atoms. The van der Waals surface area contributed by atoms with Gasteiger partial charge < -0.3 is 19.9 Å². The number of likely N-dealkylation sites (N-methyl/N-ethyl adjacent to an activating group) is 1. The summed E-state index contributed by atoms with van der Waals surface area (Å²) in [5, 5.41) is 2.94. The fraction of sp³-hybridized carbons (Fsp3) is 0.409. The largest absolute Gasteiger partial charge is 0.435 e. The first-order chi connectivity index (χ1) is 14.0. The Hall–Kier alpha value is -2.51. The first-order valence-corrected chi connectivity index (χ1v) is 10.1. The van der Waals surface area contributed by atoms with Gasteiger partial charge in [0.25, 0.3) is 5.91 Å². The summed E-state index contributed by atoms with van der Waals surface area (Å²) in [5.41, 5.74) is 3.05. The average molecular weight is 405 g/mol. The Morgan fingerprint density at radius 2 is 1.69 bits per heavy atom. The molecular formula is C22H29F2N3O2+2. The van der Waals surface area contributed by atoms with E-state index in [1.165, 1.54) is 43.6 Å². The van der Waals surface area contributed by atoms with Crippen LogP contribution in [0.25, 0.3) is 0 Å². The van der Waals surface area contributed by atoms with Crippen LogP contribution in [0.3, 0.4) is 0 Å². The van der Waals surface area contributed by atoms with Crippen LogP contribution in [-0.2, 0) is 17.9 Å². The summed E-state index contributed by atoms with van der Waals surface area (Å²) in [6, 6.07) is 14.6. The van der Waals surface area contributed by atoms with Crippen molar-refractivity contribution in [3.63, 3.8) is 0 Å². The van der Waals surface area contributed by atoms with Gasteiger partial charge in [-0.3, -0.25) is 4.79 Å². The van der Waals surface area contributed by atoms with Crippen LogP contribution in [0.4, 0.5) is 14.5 Å². The molecule has 156 valence electrons. The molecule has 3 rings (SSSR count). The maximum atomic E-state index is 12.3. The summed E-state index contributed by atoms with van der Waals surface area (Å²) < 4.78 is 28.7. The highest BCUT2D eigenvalue weighted by molar-refractivity contribution is 5.91. The number of rotatable bonds is 9. The van der Waals surface area contributed by atoms with Crippen LogP contribution < -0.4 is 19.9 Å². The number of hydrogen-bond donors (Lipinski definition) is 3. The molecule has 0 aromatic heterocycles. The van der Waals surface area contributed by atoms with E-state index in [1.54, 1.807) is 17.0 Å². The van der Waals surface area contributed by atoms with E-state index in [1.807, 2.05) is 19.2 Å². The molecule has 0 saturated carbocycles. The van der Waals surface area contributed by atoms with Crippen LogP contribution in [-0.4, -0.2) is 39.2 Å². The number of ether oxygens (including phenoxy) is 1. The SMILES string of the molecule is C[NH+](CC(=O)Nc1ccc(C[NH+]2CCCC2)cc1)Cc1ccc(OC(F)F)cc1. The number of nitrogens with one attached hydrogen (secondary N) is 3. The third-order valence-corrected chi connectivity index (χ3v) is 5.12. The standard InChI is InChI=1S/C22H27F2N3O2/c1-26(14-17-6-10-20(11-7-17)29-22(23)24)16-21(28)25-19-8-4-18(5-9-19)15-27-12-2-3-13-27/h4-11,22H,2-3,12-16H2,1H3,(H,25,28)/p+2. The van der Waals surface area contributed by atoms with Gasteiger partial charge in [-0.25, -0.2) is 0 Å². The molecule has 7 heteroatoms. The zero-order chi connectivity index (χ0) is 20.6. The highest BCUT2D eigenvalue weighted by Gasteiger charge is 2.16. The molecule has 1 unspecified atom stereocenters. The number of amides is 1. The van der Waals surface area contributed by atoms with Gasteiger partial charge in [-0.05, 0) is 36.4 Å². The van der Waals surface area contributed by atoms with Crippen LogP contribution in [0.1, 0.15) is 24.0 Å². The van der Waals surface area contributed by atoms with Crippen LogP contribution >= 0.6 is 0 Å². The van der Waals surface area contributed by atoms with Crippen LogP contribution in [0.5, 0.6) is 5.75 Å². The molecule has 2 aromatic rings. The van der Waals surface area contributed by atoms with E-state index in [-0.39, 0.29) is 11.7 Å². The van der Waals surface area contributed by atoms with Gasteiger partial charge >= 0.3 is 6.61 Å². The Morgan fingerprint density at radius 1 is 1.07 bits per heavy atom. The lowest BCUT2D eigenvalue weighted by molar-refractivity contribution is -0.901. The van der Waals surface area contributed by atoms with E-state index in [2.05, 4.69) is 22.2 Å². The molecule has 1 heterocycles. The third-order valence-electron chi connectivity index (χ3n) is 5.12. The second kappa shape index (κ2) is 10.3. The Bertz CT molecular complexity index is 776. The molecular weight excluding hydrogens is 376 g/mol. The van der Waals surface area contributed by atoms with Crippen molar-refractivity contribution in [3.8, 4) is 5.75 Å². The van der Waals surface area contributed by atoms with Gasteiger partial charge in [0.05, 0.1) is 20.1 Å². The van der Waals surface area contributed by atoms with E-state index in [4.69, 9.17) is 0 Å². The van der Waals surface area contributed by atoms with Crippen molar-refractivity contribution in [1.82, 2.24) is 0 Å². The monoisotopic (exact) mass is 405 g/mol. The summed E-state index contributed by atoms with van der Waals surface area (Å²) in [6.07, 6.45) is 2.62. The zero-order valence-electron chi connectivity index (χ0n) is 16.7. The zero-order valence-corrected chi connectivity index (χ0v) is 16.7. The number of benzene rings is 2. The maximum absolute atomic E-state index is 12.3. The minimum absolute atomic E-state index is 0.0573. The molecule has 0 spiro atoms. The Labute approximate surface area is 170 Å². The molecule has 1 saturated heterocycles. The van der Waals surface area contributed by atoms with Crippen molar-refractivity contribution in [1.29, 1.82) is 0 Å². The van der Waals surface area contributed by atoms with Crippen molar-refractivity contribution < 1.29 is 28.1 Å². The molecule has 1 amide bonds. The third kappa shape index (κ3) is 7.11. The second-order valence-corrected chi connectivity index (χ2v) is 7.71. The summed E-state index contributed by atoms with van der Waals surface area (Å²) in [7, 11) is 1.92. The highest BCUT2D eigenvalue weighted by atomic mass is 19.3. The van der Waals surface area contributed by atoms with Crippen molar-refractivity contribution in [2.24, 2.45) is 0 Å². The van der Waals surface area contributed by atoms with Gasteiger partial charge in [0.1, 0.15) is 18.8 Å². The van der Waals surface area contributed by atoms with Crippen LogP contribution in [0.15, 0.2) is 48.5 Å². The molecule has 1 aliphatic heterocycles. The topological polar surface area (TPSA) is 47.2 Å². The molecule has 0 radical (unpaired) electrons. The van der Waals surface area contributed by atoms with Gasteiger partial charge in [0.2, 0.25) is 0 Å². The normalized spacial score (nSPS) is 15.4. The van der Waals surface area contributed by atoms with Crippen LogP contribution in [0.2, 0.25) is 0 Å². The molecule has 1 atom stereocenters. The minimum Gasteiger partial charge on any atom is -0.435 e. The number of halogens is 2. The van der Waals surface area contributed by atoms with E-state index in [0.717, 1.165) is 22.7 Å².